The molecule has 0 bridgehead atoms. The predicted octanol–water partition coefficient (Wildman–Crippen LogP) is 4.03. The van der Waals surface area contributed by atoms with Crippen molar-refractivity contribution in [3.8, 4) is 16.6 Å². The van der Waals surface area contributed by atoms with Crippen molar-refractivity contribution in [3.63, 3.8) is 0 Å². The highest BCUT2D eigenvalue weighted by Gasteiger charge is 2.35. The second kappa shape index (κ2) is 4.97. The first-order chi connectivity index (χ1) is 8.93. The van der Waals surface area contributed by atoms with Crippen molar-refractivity contribution < 1.29 is 17.6 Å². The monoisotopic (exact) mass is 286 g/mol. The molecule has 19 heavy (non-hydrogen) atoms. The molecule has 0 saturated carbocycles. The van der Waals surface area contributed by atoms with E-state index in [0.717, 1.165) is 17.4 Å². The standard InChI is InChI=1S/C12H6F4N2S/c13-10-8(2-1-3-9(10)12(14,15)16)11-18-7(4-5-17)6-19-11/h1-3,6H,4H2. The molecule has 0 amide bonds. The normalized spacial score (nSPS) is 11.3. The minimum atomic E-state index is -4.74. The van der Waals surface area contributed by atoms with E-state index >= 15 is 0 Å². The van der Waals surface area contributed by atoms with Gasteiger partial charge in [0.05, 0.1) is 23.7 Å². The van der Waals surface area contributed by atoms with Crippen LogP contribution in [0.5, 0.6) is 0 Å². The Bertz CT molecular complexity index is 640. The van der Waals surface area contributed by atoms with Crippen LogP contribution in [0.1, 0.15) is 11.3 Å². The van der Waals surface area contributed by atoms with E-state index in [4.69, 9.17) is 5.26 Å². The molecule has 0 atom stereocenters. The highest BCUT2D eigenvalue weighted by atomic mass is 32.1. The van der Waals surface area contributed by atoms with Crippen molar-refractivity contribution in [1.82, 2.24) is 4.98 Å². The Balaban J connectivity index is 2.48. The molecular weight excluding hydrogens is 280 g/mol. The van der Waals surface area contributed by atoms with Crippen LogP contribution in [-0.4, -0.2) is 4.98 Å². The molecule has 0 radical (unpaired) electrons. The Morgan fingerprint density at radius 1 is 1.32 bits per heavy atom. The summed E-state index contributed by atoms with van der Waals surface area (Å²) in [6.45, 7) is 0. The maximum Gasteiger partial charge on any atom is 0.419 e. The lowest BCUT2D eigenvalue weighted by Crippen LogP contribution is -2.08. The quantitative estimate of drug-likeness (QED) is 0.781. The summed E-state index contributed by atoms with van der Waals surface area (Å²) in [4.78, 5) is 3.94. The molecule has 0 N–H and O–H groups in total. The van der Waals surface area contributed by atoms with Crippen molar-refractivity contribution in [3.05, 3.63) is 40.7 Å². The van der Waals surface area contributed by atoms with Crippen molar-refractivity contribution in [2.45, 2.75) is 12.6 Å². The third kappa shape index (κ3) is 2.74. The number of thiazole rings is 1. The summed E-state index contributed by atoms with van der Waals surface area (Å²) < 4.78 is 51.5. The van der Waals surface area contributed by atoms with Gasteiger partial charge >= 0.3 is 6.18 Å². The van der Waals surface area contributed by atoms with Crippen LogP contribution in [0, 0.1) is 17.1 Å². The largest absolute Gasteiger partial charge is 0.419 e. The van der Waals surface area contributed by atoms with Gasteiger partial charge in [0.25, 0.3) is 0 Å². The van der Waals surface area contributed by atoms with Crippen LogP contribution >= 0.6 is 11.3 Å². The summed E-state index contributed by atoms with van der Waals surface area (Å²) in [6, 6.07) is 4.92. The van der Waals surface area contributed by atoms with Crippen molar-refractivity contribution in [2.24, 2.45) is 0 Å². The molecule has 98 valence electrons. The second-order valence-electron chi connectivity index (χ2n) is 3.64. The highest BCUT2D eigenvalue weighted by Crippen LogP contribution is 2.36. The number of rotatable bonds is 2. The summed E-state index contributed by atoms with van der Waals surface area (Å²) >= 11 is 1.01. The molecule has 0 aliphatic rings. The zero-order chi connectivity index (χ0) is 14.0. The molecule has 2 aromatic rings. The van der Waals surface area contributed by atoms with Gasteiger partial charge in [0.2, 0.25) is 0 Å². The van der Waals surface area contributed by atoms with E-state index in [1.165, 1.54) is 11.4 Å². The van der Waals surface area contributed by atoms with Crippen LogP contribution in [0.15, 0.2) is 23.6 Å². The molecule has 2 nitrogen and oxygen atoms in total. The molecule has 0 fully saturated rings. The average Bonchev–Trinajstić information content (AvgIpc) is 2.76. The number of halogens is 4. The molecule has 2 rings (SSSR count). The van der Waals surface area contributed by atoms with Gasteiger partial charge in [-0.15, -0.1) is 11.3 Å². The van der Waals surface area contributed by atoms with E-state index in [9.17, 15) is 17.6 Å². The van der Waals surface area contributed by atoms with Crippen LogP contribution in [0.2, 0.25) is 0 Å². The third-order valence-corrected chi connectivity index (χ3v) is 3.27. The van der Waals surface area contributed by atoms with Gasteiger partial charge in [0, 0.05) is 10.9 Å². The van der Waals surface area contributed by atoms with Gasteiger partial charge in [-0.3, -0.25) is 0 Å². The lowest BCUT2D eigenvalue weighted by atomic mass is 10.1. The number of nitrogens with zero attached hydrogens (tertiary/aromatic N) is 2. The van der Waals surface area contributed by atoms with Gasteiger partial charge in [-0.25, -0.2) is 9.37 Å². The number of benzene rings is 1. The molecule has 0 saturated heterocycles. The van der Waals surface area contributed by atoms with Crippen LogP contribution in [0.3, 0.4) is 0 Å². The van der Waals surface area contributed by atoms with Gasteiger partial charge in [0.1, 0.15) is 10.8 Å². The van der Waals surface area contributed by atoms with Crippen LogP contribution in [-0.2, 0) is 12.6 Å². The summed E-state index contributed by atoms with van der Waals surface area (Å²) in [5.74, 6) is -1.34. The molecular formula is C12H6F4N2S. The van der Waals surface area contributed by atoms with Crippen LogP contribution in [0.25, 0.3) is 10.6 Å². The van der Waals surface area contributed by atoms with E-state index in [-0.39, 0.29) is 17.0 Å². The third-order valence-electron chi connectivity index (χ3n) is 2.35. The number of nitriles is 1. The molecule has 0 aliphatic heterocycles. The van der Waals surface area contributed by atoms with Gasteiger partial charge in [-0.05, 0) is 12.1 Å². The molecule has 1 aromatic heterocycles. The number of hydrogen-bond acceptors (Lipinski definition) is 3. The average molecular weight is 286 g/mol. The SMILES string of the molecule is N#CCc1csc(-c2cccc(C(F)(F)F)c2F)n1. The lowest BCUT2D eigenvalue weighted by molar-refractivity contribution is -0.139. The Hall–Kier alpha value is -1.94. The fourth-order valence-corrected chi connectivity index (χ4v) is 2.35. The summed E-state index contributed by atoms with van der Waals surface area (Å²) in [6.07, 6.45) is -4.70. The van der Waals surface area contributed by atoms with Crippen LogP contribution < -0.4 is 0 Å². The maximum absolute atomic E-state index is 13.8. The first-order valence-electron chi connectivity index (χ1n) is 5.11. The van der Waals surface area contributed by atoms with Crippen molar-refractivity contribution in [1.29, 1.82) is 5.26 Å². The fraction of sp³-hybridized carbons (Fsp3) is 0.167. The zero-order valence-corrected chi connectivity index (χ0v) is 10.1. The van der Waals surface area contributed by atoms with E-state index in [0.29, 0.717) is 11.8 Å². The molecule has 0 unspecified atom stereocenters. The van der Waals surface area contributed by atoms with Gasteiger partial charge in [0.15, 0.2) is 0 Å². The molecule has 0 aliphatic carbocycles. The Morgan fingerprint density at radius 2 is 2.05 bits per heavy atom. The van der Waals surface area contributed by atoms with Crippen LogP contribution in [0.4, 0.5) is 17.6 Å². The van der Waals surface area contributed by atoms with Gasteiger partial charge < -0.3 is 0 Å². The maximum atomic E-state index is 13.8. The lowest BCUT2D eigenvalue weighted by Gasteiger charge is -2.09. The Labute approximate surface area is 109 Å². The Morgan fingerprint density at radius 3 is 2.68 bits per heavy atom. The number of hydrogen-bond donors (Lipinski definition) is 0. The second-order valence-corrected chi connectivity index (χ2v) is 4.50. The topological polar surface area (TPSA) is 36.7 Å². The summed E-state index contributed by atoms with van der Waals surface area (Å²) in [5, 5.41) is 10.2. The molecule has 7 heteroatoms. The minimum Gasteiger partial charge on any atom is -0.240 e. The van der Waals surface area contributed by atoms with Gasteiger partial charge in [-0.1, -0.05) is 6.07 Å². The highest BCUT2D eigenvalue weighted by molar-refractivity contribution is 7.13. The summed E-state index contributed by atoms with van der Waals surface area (Å²) in [5.41, 5.74) is -1.11. The Kier molecular flexibility index (Phi) is 3.53. The molecule has 1 aromatic carbocycles. The number of aromatic nitrogens is 1. The molecule has 0 spiro atoms. The molecule has 1 heterocycles. The smallest absolute Gasteiger partial charge is 0.240 e. The van der Waals surface area contributed by atoms with Crippen molar-refractivity contribution >= 4 is 11.3 Å². The van der Waals surface area contributed by atoms with E-state index in [1.807, 2.05) is 6.07 Å². The predicted molar refractivity (Wildman–Crippen MR) is 61.8 cm³/mol. The fourth-order valence-electron chi connectivity index (χ4n) is 1.51. The zero-order valence-electron chi connectivity index (χ0n) is 9.33. The van der Waals surface area contributed by atoms with Crippen molar-refractivity contribution in [2.75, 3.05) is 0 Å². The first-order valence-corrected chi connectivity index (χ1v) is 5.99. The van der Waals surface area contributed by atoms with E-state index in [1.54, 1.807) is 0 Å². The van der Waals surface area contributed by atoms with Gasteiger partial charge in [-0.2, -0.15) is 18.4 Å². The summed E-state index contributed by atoms with van der Waals surface area (Å²) in [7, 11) is 0. The first kappa shape index (κ1) is 13.5. The minimum absolute atomic E-state index is 0.0388. The van der Waals surface area contributed by atoms with E-state index < -0.39 is 17.6 Å². The van der Waals surface area contributed by atoms with E-state index in [2.05, 4.69) is 4.98 Å². The number of alkyl halides is 3.